The molecule has 0 radical (unpaired) electrons. The zero-order valence-electron chi connectivity index (χ0n) is 10.1. The number of likely N-dealkylation sites (tertiary alicyclic amines) is 1. The van der Waals surface area contributed by atoms with E-state index in [0.29, 0.717) is 11.7 Å². The van der Waals surface area contributed by atoms with E-state index in [1.165, 1.54) is 37.0 Å². The van der Waals surface area contributed by atoms with Gasteiger partial charge in [0.1, 0.15) is 5.01 Å². The number of amides is 1. The normalized spacial score (nSPS) is 17.7. The number of aryl methyl sites for hydroxylation is 1. The van der Waals surface area contributed by atoms with Gasteiger partial charge in [-0.2, -0.15) is 0 Å². The summed E-state index contributed by atoms with van der Waals surface area (Å²) in [4.78, 5) is 14.0. The van der Waals surface area contributed by atoms with Crippen LogP contribution in [0, 0.1) is 6.92 Å². The number of carbonyl (C=O) groups is 1. The molecular formula is C11H18N4OS. The van der Waals surface area contributed by atoms with Crippen molar-refractivity contribution in [2.24, 2.45) is 0 Å². The molecule has 17 heavy (non-hydrogen) atoms. The summed E-state index contributed by atoms with van der Waals surface area (Å²) >= 11 is 1.41. The Morgan fingerprint density at radius 2 is 2.00 bits per heavy atom. The summed E-state index contributed by atoms with van der Waals surface area (Å²) in [5.41, 5.74) is 0. The molecule has 0 spiro atoms. The maximum absolute atomic E-state index is 11.8. The minimum Gasteiger partial charge on any atom is -0.299 e. The highest BCUT2D eigenvalue weighted by molar-refractivity contribution is 7.15. The molecule has 1 aromatic rings. The minimum absolute atomic E-state index is 0.0167. The third-order valence-corrected chi connectivity index (χ3v) is 3.59. The lowest BCUT2D eigenvalue weighted by Gasteiger charge is -2.18. The Hall–Kier alpha value is -1.01. The molecule has 0 aromatic carbocycles. The van der Waals surface area contributed by atoms with Crippen molar-refractivity contribution in [2.75, 3.05) is 25.0 Å². The van der Waals surface area contributed by atoms with Crippen molar-refractivity contribution in [1.29, 1.82) is 0 Å². The number of hydrogen-bond donors (Lipinski definition) is 1. The van der Waals surface area contributed by atoms with Crippen molar-refractivity contribution in [1.82, 2.24) is 15.1 Å². The first-order chi connectivity index (χ1) is 8.24. The lowest BCUT2D eigenvalue weighted by atomic mass is 10.2. The molecule has 2 heterocycles. The van der Waals surface area contributed by atoms with Crippen molar-refractivity contribution in [3.63, 3.8) is 0 Å². The SMILES string of the molecule is Cc1nnc(NC(=O)CN2CCCCCC2)s1. The van der Waals surface area contributed by atoms with Crippen molar-refractivity contribution in [3.05, 3.63) is 5.01 Å². The average molecular weight is 254 g/mol. The molecule has 6 heteroatoms. The van der Waals surface area contributed by atoms with Gasteiger partial charge < -0.3 is 0 Å². The van der Waals surface area contributed by atoms with Crippen LogP contribution in [-0.2, 0) is 4.79 Å². The van der Waals surface area contributed by atoms with Crippen molar-refractivity contribution < 1.29 is 4.79 Å². The van der Waals surface area contributed by atoms with Crippen LogP contribution in [0.25, 0.3) is 0 Å². The monoisotopic (exact) mass is 254 g/mol. The molecular weight excluding hydrogens is 236 g/mol. The summed E-state index contributed by atoms with van der Waals surface area (Å²) in [6, 6.07) is 0. The van der Waals surface area contributed by atoms with E-state index in [4.69, 9.17) is 0 Å². The third kappa shape index (κ3) is 4.05. The van der Waals surface area contributed by atoms with E-state index in [0.717, 1.165) is 18.1 Å². The molecule has 1 aliphatic rings. The highest BCUT2D eigenvalue weighted by Crippen LogP contribution is 2.14. The van der Waals surface area contributed by atoms with E-state index in [2.05, 4.69) is 20.4 Å². The average Bonchev–Trinajstić information content (AvgIpc) is 2.53. The maximum Gasteiger partial charge on any atom is 0.240 e. The summed E-state index contributed by atoms with van der Waals surface area (Å²) in [7, 11) is 0. The second-order valence-corrected chi connectivity index (χ2v) is 5.55. The Balaban J connectivity index is 1.80. The van der Waals surface area contributed by atoms with Gasteiger partial charge in [-0.3, -0.25) is 15.0 Å². The summed E-state index contributed by atoms with van der Waals surface area (Å²) < 4.78 is 0. The fourth-order valence-corrected chi connectivity index (χ4v) is 2.61. The van der Waals surface area contributed by atoms with E-state index >= 15 is 0 Å². The second-order valence-electron chi connectivity index (χ2n) is 4.36. The van der Waals surface area contributed by atoms with Crippen LogP contribution in [0.15, 0.2) is 0 Å². The Bertz CT molecular complexity index is 371. The predicted octanol–water partition coefficient (Wildman–Crippen LogP) is 1.66. The molecule has 0 unspecified atom stereocenters. The van der Waals surface area contributed by atoms with E-state index in [9.17, 15) is 4.79 Å². The van der Waals surface area contributed by atoms with Gasteiger partial charge in [-0.1, -0.05) is 24.2 Å². The van der Waals surface area contributed by atoms with E-state index in [1.54, 1.807) is 0 Å². The van der Waals surface area contributed by atoms with Crippen molar-refractivity contribution >= 4 is 22.4 Å². The maximum atomic E-state index is 11.8. The van der Waals surface area contributed by atoms with Crippen LogP contribution in [0.1, 0.15) is 30.7 Å². The first kappa shape index (κ1) is 12.4. The topological polar surface area (TPSA) is 58.1 Å². The highest BCUT2D eigenvalue weighted by atomic mass is 32.1. The molecule has 1 N–H and O–H groups in total. The first-order valence-electron chi connectivity index (χ1n) is 6.06. The van der Waals surface area contributed by atoms with Crippen LogP contribution >= 0.6 is 11.3 Å². The van der Waals surface area contributed by atoms with Gasteiger partial charge in [0, 0.05) is 0 Å². The quantitative estimate of drug-likeness (QED) is 0.891. The molecule has 1 amide bonds. The van der Waals surface area contributed by atoms with Gasteiger partial charge in [-0.25, -0.2) is 0 Å². The molecule has 1 fully saturated rings. The van der Waals surface area contributed by atoms with Gasteiger partial charge in [0.15, 0.2) is 0 Å². The lowest BCUT2D eigenvalue weighted by molar-refractivity contribution is -0.117. The molecule has 94 valence electrons. The predicted molar refractivity (Wildman–Crippen MR) is 68.2 cm³/mol. The standard InChI is InChI=1S/C11H18N4OS/c1-9-13-14-11(17-9)12-10(16)8-15-6-4-2-3-5-7-15/h2-8H2,1H3,(H,12,14,16). The molecule has 2 rings (SSSR count). The number of hydrogen-bond acceptors (Lipinski definition) is 5. The molecule has 5 nitrogen and oxygen atoms in total. The van der Waals surface area contributed by atoms with Crippen LogP contribution in [0.2, 0.25) is 0 Å². The molecule has 0 aliphatic carbocycles. The van der Waals surface area contributed by atoms with Crippen LogP contribution in [-0.4, -0.2) is 40.6 Å². The summed E-state index contributed by atoms with van der Waals surface area (Å²) in [5, 5.41) is 12.0. The van der Waals surface area contributed by atoms with Gasteiger partial charge in [0.2, 0.25) is 11.0 Å². The van der Waals surface area contributed by atoms with Crippen molar-refractivity contribution in [3.8, 4) is 0 Å². The highest BCUT2D eigenvalue weighted by Gasteiger charge is 2.13. The summed E-state index contributed by atoms with van der Waals surface area (Å²) in [6.07, 6.45) is 4.97. The first-order valence-corrected chi connectivity index (χ1v) is 6.88. The molecule has 0 saturated carbocycles. The smallest absolute Gasteiger partial charge is 0.240 e. The Labute approximate surface area is 105 Å². The number of rotatable bonds is 3. The molecule has 1 aromatic heterocycles. The fourth-order valence-electron chi connectivity index (χ4n) is 2.00. The van der Waals surface area contributed by atoms with Crippen LogP contribution in [0.4, 0.5) is 5.13 Å². The minimum atomic E-state index is 0.0167. The molecule has 0 atom stereocenters. The van der Waals surface area contributed by atoms with Gasteiger partial charge in [0.05, 0.1) is 6.54 Å². The summed E-state index contributed by atoms with van der Waals surface area (Å²) in [5.74, 6) is 0.0167. The lowest BCUT2D eigenvalue weighted by Crippen LogP contribution is -2.33. The van der Waals surface area contributed by atoms with Crippen LogP contribution in [0.5, 0.6) is 0 Å². The summed E-state index contributed by atoms with van der Waals surface area (Å²) in [6.45, 7) is 4.41. The van der Waals surface area contributed by atoms with Crippen LogP contribution in [0.3, 0.4) is 0 Å². The zero-order valence-corrected chi connectivity index (χ0v) is 10.9. The Morgan fingerprint density at radius 1 is 1.29 bits per heavy atom. The molecule has 1 saturated heterocycles. The zero-order chi connectivity index (χ0) is 12.1. The third-order valence-electron chi connectivity index (χ3n) is 2.84. The largest absolute Gasteiger partial charge is 0.299 e. The molecule has 1 aliphatic heterocycles. The number of aromatic nitrogens is 2. The number of nitrogens with zero attached hydrogens (tertiary/aromatic N) is 3. The van der Waals surface area contributed by atoms with Gasteiger partial charge in [-0.15, -0.1) is 10.2 Å². The number of carbonyl (C=O) groups excluding carboxylic acids is 1. The van der Waals surface area contributed by atoms with Crippen molar-refractivity contribution in [2.45, 2.75) is 32.6 Å². The number of anilines is 1. The Morgan fingerprint density at radius 3 is 2.59 bits per heavy atom. The molecule has 0 bridgehead atoms. The van der Waals surface area contributed by atoms with E-state index < -0.39 is 0 Å². The second kappa shape index (κ2) is 6.07. The van der Waals surface area contributed by atoms with E-state index in [1.807, 2.05) is 6.92 Å². The van der Waals surface area contributed by atoms with Gasteiger partial charge >= 0.3 is 0 Å². The Kier molecular flexibility index (Phi) is 4.44. The van der Waals surface area contributed by atoms with Gasteiger partial charge in [-0.05, 0) is 32.9 Å². The fraction of sp³-hybridized carbons (Fsp3) is 0.727. The van der Waals surface area contributed by atoms with Gasteiger partial charge in [0.25, 0.3) is 0 Å². The number of nitrogens with one attached hydrogen (secondary N) is 1. The van der Waals surface area contributed by atoms with Crippen LogP contribution < -0.4 is 5.32 Å². The van der Waals surface area contributed by atoms with E-state index in [-0.39, 0.29) is 5.91 Å².